The van der Waals surface area contributed by atoms with Crippen molar-refractivity contribution in [3.63, 3.8) is 0 Å². The minimum absolute atomic E-state index is 0.151. The minimum atomic E-state index is -0.329. The molecule has 1 aliphatic rings. The molecule has 0 bridgehead atoms. The lowest BCUT2D eigenvalue weighted by Gasteiger charge is -2.37. The lowest BCUT2D eigenvalue weighted by Crippen LogP contribution is -2.45. The van der Waals surface area contributed by atoms with Crippen LogP contribution in [-0.2, 0) is 0 Å². The molecule has 1 amide bonds. The third-order valence-corrected chi connectivity index (χ3v) is 6.51. The molecule has 0 atom stereocenters. The summed E-state index contributed by atoms with van der Waals surface area (Å²) in [5, 5.41) is 16.1. The Morgan fingerprint density at radius 2 is 2.12 bits per heavy atom. The normalized spacial score (nSPS) is 17.3. The molecule has 0 aliphatic heterocycles. The van der Waals surface area contributed by atoms with E-state index < -0.39 is 0 Å². The van der Waals surface area contributed by atoms with Crippen LogP contribution in [0.25, 0.3) is 22.5 Å². The van der Waals surface area contributed by atoms with E-state index in [1.54, 1.807) is 31.3 Å². The summed E-state index contributed by atoms with van der Waals surface area (Å²) in [6.45, 7) is 0. The molecule has 0 radical (unpaired) electrons. The molecule has 5 rings (SSSR count). The van der Waals surface area contributed by atoms with E-state index in [1.165, 1.54) is 6.20 Å². The Balaban J connectivity index is 1.29. The molecule has 1 aromatic carbocycles. The number of H-pyrrole nitrogens is 1. The Morgan fingerprint density at radius 1 is 1.24 bits per heavy atom. The maximum Gasteiger partial charge on any atom is 0.288 e. The number of carbonyl (C=O) groups is 1. The van der Waals surface area contributed by atoms with Gasteiger partial charge in [-0.1, -0.05) is 6.07 Å². The Bertz CT molecular complexity index is 1350. The second-order valence-electron chi connectivity index (χ2n) is 7.76. The summed E-state index contributed by atoms with van der Waals surface area (Å²) in [6.07, 6.45) is 6.84. The summed E-state index contributed by atoms with van der Waals surface area (Å²) in [7, 11) is 1.55. The Morgan fingerprint density at radius 3 is 2.94 bits per heavy atom. The first kappa shape index (κ1) is 21.1. The maximum atomic E-state index is 11.9. The first-order chi connectivity index (χ1) is 16.1. The molecular formula is C23H21N7O2S. The van der Waals surface area contributed by atoms with Gasteiger partial charge in [-0.15, -0.1) is 0 Å². The van der Waals surface area contributed by atoms with Crippen molar-refractivity contribution in [2.45, 2.75) is 29.8 Å². The molecule has 0 unspecified atom stereocenters. The fourth-order valence-electron chi connectivity index (χ4n) is 3.77. The minimum Gasteiger partial charge on any atom is -0.431 e. The SMILES string of the molecule is CNC(=O)c1cnc(-c2cnc3[nH]ccc3c2N[C@H]2C[C@H](NSc3cccc(C#N)c3)C2)o1. The van der Waals surface area contributed by atoms with Crippen molar-refractivity contribution in [2.75, 3.05) is 12.4 Å². The smallest absolute Gasteiger partial charge is 0.288 e. The molecule has 3 heterocycles. The number of fused-ring (bicyclic) bond motifs is 1. The summed E-state index contributed by atoms with van der Waals surface area (Å²) in [4.78, 5) is 24.8. The molecule has 10 heteroatoms. The van der Waals surface area contributed by atoms with Crippen LogP contribution in [0.2, 0.25) is 0 Å². The van der Waals surface area contributed by atoms with Crippen LogP contribution in [0.4, 0.5) is 5.69 Å². The second kappa shape index (κ2) is 8.97. The van der Waals surface area contributed by atoms with Gasteiger partial charge in [0.05, 0.1) is 29.1 Å². The lowest BCUT2D eigenvalue weighted by atomic mass is 9.87. The van der Waals surface area contributed by atoms with Crippen molar-refractivity contribution in [1.82, 2.24) is 25.0 Å². The number of aromatic nitrogens is 3. The third-order valence-electron chi connectivity index (χ3n) is 5.57. The molecule has 1 aliphatic carbocycles. The number of benzene rings is 1. The summed E-state index contributed by atoms with van der Waals surface area (Å²) in [6, 6.07) is 12.3. The topological polar surface area (TPSA) is 132 Å². The van der Waals surface area contributed by atoms with Crippen LogP contribution < -0.4 is 15.4 Å². The highest BCUT2D eigenvalue weighted by molar-refractivity contribution is 7.97. The van der Waals surface area contributed by atoms with E-state index in [0.29, 0.717) is 23.1 Å². The van der Waals surface area contributed by atoms with Gasteiger partial charge in [0, 0.05) is 41.8 Å². The van der Waals surface area contributed by atoms with E-state index >= 15 is 0 Å². The van der Waals surface area contributed by atoms with Gasteiger partial charge >= 0.3 is 0 Å². The number of amides is 1. The predicted molar refractivity (Wildman–Crippen MR) is 126 cm³/mol. The van der Waals surface area contributed by atoms with Gasteiger partial charge in [0.1, 0.15) is 5.65 Å². The van der Waals surface area contributed by atoms with Crippen LogP contribution in [-0.4, -0.2) is 40.0 Å². The van der Waals surface area contributed by atoms with Crippen LogP contribution in [0.1, 0.15) is 29.0 Å². The molecule has 1 saturated carbocycles. The van der Waals surface area contributed by atoms with Crippen LogP contribution in [0.3, 0.4) is 0 Å². The molecule has 4 N–H and O–H groups in total. The number of pyridine rings is 1. The Kier molecular flexibility index (Phi) is 5.73. The molecule has 0 saturated heterocycles. The highest BCUT2D eigenvalue weighted by Gasteiger charge is 2.30. The van der Waals surface area contributed by atoms with Gasteiger partial charge in [0.2, 0.25) is 11.7 Å². The maximum absolute atomic E-state index is 11.9. The van der Waals surface area contributed by atoms with Gasteiger partial charge in [0.25, 0.3) is 5.91 Å². The molecular weight excluding hydrogens is 438 g/mol. The number of nitrogens with one attached hydrogen (secondary N) is 4. The zero-order valence-electron chi connectivity index (χ0n) is 17.8. The molecule has 166 valence electrons. The summed E-state index contributed by atoms with van der Waals surface area (Å²) >= 11 is 1.55. The Labute approximate surface area is 194 Å². The van der Waals surface area contributed by atoms with Gasteiger partial charge in [-0.3, -0.25) is 9.52 Å². The zero-order valence-corrected chi connectivity index (χ0v) is 18.6. The fraction of sp³-hybridized carbons (Fsp3) is 0.217. The van der Waals surface area contributed by atoms with Crippen LogP contribution in [0.5, 0.6) is 0 Å². The predicted octanol–water partition coefficient (Wildman–Crippen LogP) is 3.69. The van der Waals surface area contributed by atoms with Gasteiger partial charge in [-0.05, 0) is 49.1 Å². The molecule has 33 heavy (non-hydrogen) atoms. The average molecular weight is 460 g/mol. The van der Waals surface area contributed by atoms with Crippen molar-refractivity contribution in [3.05, 3.63) is 60.2 Å². The van der Waals surface area contributed by atoms with E-state index in [-0.39, 0.29) is 17.7 Å². The van der Waals surface area contributed by atoms with E-state index in [4.69, 9.17) is 9.68 Å². The quantitative estimate of drug-likeness (QED) is 0.308. The molecule has 3 aromatic heterocycles. The highest BCUT2D eigenvalue weighted by Crippen LogP contribution is 2.36. The number of nitriles is 1. The first-order valence-corrected chi connectivity index (χ1v) is 11.3. The highest BCUT2D eigenvalue weighted by atomic mass is 32.2. The number of hydrogen-bond donors (Lipinski definition) is 4. The zero-order chi connectivity index (χ0) is 22.8. The van der Waals surface area contributed by atoms with Crippen LogP contribution in [0, 0.1) is 11.3 Å². The van der Waals surface area contributed by atoms with Crippen molar-refractivity contribution in [3.8, 4) is 17.5 Å². The number of oxazole rings is 1. The van der Waals surface area contributed by atoms with Crippen molar-refractivity contribution in [2.24, 2.45) is 0 Å². The standard InChI is InChI=1S/C23H21N7O2S/c1-25-22(31)19-12-28-23(32-19)18-11-27-21-17(5-6-26-21)20(18)29-14-8-15(9-14)30-33-16-4-2-3-13(7-16)10-24/h2-7,11-12,14-15,30H,8-9H2,1H3,(H,25,31)(H2,26,27,29)/t14-,15-. The number of carbonyl (C=O) groups excluding carboxylic acids is 1. The molecule has 9 nitrogen and oxygen atoms in total. The number of rotatable bonds is 7. The second-order valence-corrected chi connectivity index (χ2v) is 8.68. The lowest BCUT2D eigenvalue weighted by molar-refractivity contribution is 0.0936. The number of hydrogen-bond acceptors (Lipinski definition) is 8. The van der Waals surface area contributed by atoms with Crippen molar-refractivity contribution >= 4 is 34.6 Å². The monoisotopic (exact) mass is 459 g/mol. The number of aromatic amines is 1. The number of nitrogens with zero attached hydrogens (tertiary/aromatic N) is 3. The largest absolute Gasteiger partial charge is 0.431 e. The fourth-order valence-corrected chi connectivity index (χ4v) is 4.60. The third kappa shape index (κ3) is 4.28. The summed E-state index contributed by atoms with van der Waals surface area (Å²) in [5.74, 6) is 0.163. The van der Waals surface area contributed by atoms with Gasteiger partial charge in [-0.25, -0.2) is 9.97 Å². The first-order valence-electron chi connectivity index (χ1n) is 10.5. The van der Waals surface area contributed by atoms with Gasteiger partial charge in [0.15, 0.2) is 0 Å². The molecule has 4 aromatic rings. The van der Waals surface area contributed by atoms with Gasteiger partial charge in [-0.2, -0.15) is 5.26 Å². The van der Waals surface area contributed by atoms with Crippen molar-refractivity contribution in [1.29, 1.82) is 5.26 Å². The van der Waals surface area contributed by atoms with E-state index in [1.807, 2.05) is 30.5 Å². The van der Waals surface area contributed by atoms with E-state index in [0.717, 1.165) is 34.5 Å². The Hall–Kier alpha value is -3.81. The molecule has 0 spiro atoms. The summed E-state index contributed by atoms with van der Waals surface area (Å²) in [5.41, 5.74) is 3.00. The van der Waals surface area contributed by atoms with Crippen molar-refractivity contribution < 1.29 is 9.21 Å². The van der Waals surface area contributed by atoms with Gasteiger partial charge < -0.3 is 20.0 Å². The number of anilines is 1. The van der Waals surface area contributed by atoms with E-state index in [9.17, 15) is 4.79 Å². The average Bonchev–Trinajstić information content (AvgIpc) is 3.50. The molecule has 1 fully saturated rings. The summed E-state index contributed by atoms with van der Waals surface area (Å²) < 4.78 is 9.17. The van der Waals surface area contributed by atoms with E-state index in [2.05, 4.69) is 36.4 Å². The van der Waals surface area contributed by atoms with Crippen LogP contribution in [0.15, 0.2) is 58.2 Å². The van der Waals surface area contributed by atoms with Crippen LogP contribution >= 0.6 is 11.9 Å².